The summed E-state index contributed by atoms with van der Waals surface area (Å²) in [7, 11) is 0. The Balaban J connectivity index is 2.42. The number of benzene rings is 1. The van der Waals surface area contributed by atoms with Crippen molar-refractivity contribution in [2.45, 2.75) is 13.1 Å². The lowest BCUT2D eigenvalue weighted by Gasteiger charge is -2.08. The molecule has 0 atom stereocenters. The van der Waals surface area contributed by atoms with E-state index in [1.807, 2.05) is 0 Å². The number of halogens is 2. The lowest BCUT2D eigenvalue weighted by atomic mass is 10.2. The number of aromatic nitrogens is 3. The van der Waals surface area contributed by atoms with Crippen LogP contribution in [0, 0.1) is 0 Å². The third-order valence-electron chi connectivity index (χ3n) is 2.60. The van der Waals surface area contributed by atoms with E-state index in [1.54, 1.807) is 18.2 Å². The Bertz CT molecular complexity index is 607. The van der Waals surface area contributed by atoms with E-state index in [0.29, 0.717) is 21.3 Å². The molecule has 0 bridgehead atoms. The summed E-state index contributed by atoms with van der Waals surface area (Å²) < 4.78 is 1.39. The molecule has 0 spiro atoms. The van der Waals surface area contributed by atoms with Crippen LogP contribution in [0.3, 0.4) is 0 Å². The molecule has 0 amide bonds. The zero-order valence-electron chi connectivity index (χ0n) is 9.68. The fourth-order valence-electron chi connectivity index (χ4n) is 1.66. The highest BCUT2D eigenvalue weighted by atomic mass is 35.5. The first-order valence-electron chi connectivity index (χ1n) is 5.33. The van der Waals surface area contributed by atoms with E-state index in [2.05, 4.69) is 10.3 Å². The molecule has 3 N–H and O–H groups in total. The lowest BCUT2D eigenvalue weighted by Crippen LogP contribution is -2.13. The molecule has 0 saturated carbocycles. The van der Waals surface area contributed by atoms with Crippen LogP contribution in [0.1, 0.15) is 21.7 Å². The van der Waals surface area contributed by atoms with E-state index in [-0.39, 0.29) is 18.8 Å². The van der Waals surface area contributed by atoms with Gasteiger partial charge in [-0.25, -0.2) is 9.48 Å². The number of hydrogen-bond donors (Lipinski definition) is 2. The van der Waals surface area contributed by atoms with Crippen LogP contribution in [-0.4, -0.2) is 26.1 Å². The van der Waals surface area contributed by atoms with Crippen LogP contribution in [0.5, 0.6) is 0 Å². The number of hydrogen-bond acceptors (Lipinski definition) is 4. The summed E-state index contributed by atoms with van der Waals surface area (Å²) in [6.45, 7) is 0.224. The third-order valence-corrected chi connectivity index (χ3v) is 3.31. The number of rotatable bonds is 4. The van der Waals surface area contributed by atoms with Crippen LogP contribution in [0.15, 0.2) is 18.2 Å². The molecule has 0 unspecified atom stereocenters. The van der Waals surface area contributed by atoms with Crippen LogP contribution < -0.4 is 5.73 Å². The van der Waals surface area contributed by atoms with Crippen molar-refractivity contribution in [3.63, 3.8) is 0 Å². The quantitative estimate of drug-likeness (QED) is 0.898. The zero-order chi connectivity index (χ0) is 14.0. The summed E-state index contributed by atoms with van der Waals surface area (Å²) in [5, 5.41) is 17.3. The number of carbonyl (C=O) groups is 1. The van der Waals surface area contributed by atoms with Crippen LogP contribution in [-0.2, 0) is 13.1 Å². The van der Waals surface area contributed by atoms with Gasteiger partial charge in [-0.1, -0.05) is 34.5 Å². The van der Waals surface area contributed by atoms with E-state index in [9.17, 15) is 4.79 Å². The highest BCUT2D eigenvalue weighted by Crippen LogP contribution is 2.25. The topological polar surface area (TPSA) is 94.0 Å². The zero-order valence-corrected chi connectivity index (χ0v) is 11.2. The van der Waals surface area contributed by atoms with E-state index in [1.165, 1.54) is 4.68 Å². The normalized spacial score (nSPS) is 10.7. The molecule has 0 fully saturated rings. The molecule has 2 aromatic rings. The monoisotopic (exact) mass is 300 g/mol. The van der Waals surface area contributed by atoms with E-state index in [0.717, 1.165) is 0 Å². The van der Waals surface area contributed by atoms with E-state index >= 15 is 0 Å². The fourth-order valence-corrected chi connectivity index (χ4v) is 2.18. The summed E-state index contributed by atoms with van der Waals surface area (Å²) in [5.74, 6) is -1.17. The molecule has 0 aliphatic rings. The van der Waals surface area contributed by atoms with Crippen LogP contribution in [0.4, 0.5) is 0 Å². The summed E-state index contributed by atoms with van der Waals surface area (Å²) in [5.41, 5.74) is 6.34. The highest BCUT2D eigenvalue weighted by Gasteiger charge is 2.18. The largest absolute Gasteiger partial charge is 0.476 e. The minimum atomic E-state index is -1.17. The molecule has 1 aromatic heterocycles. The van der Waals surface area contributed by atoms with Gasteiger partial charge in [0.1, 0.15) is 0 Å². The van der Waals surface area contributed by atoms with Crippen LogP contribution >= 0.6 is 23.2 Å². The molecule has 0 saturated heterocycles. The highest BCUT2D eigenvalue weighted by molar-refractivity contribution is 6.35. The second-order valence-corrected chi connectivity index (χ2v) is 4.57. The van der Waals surface area contributed by atoms with Gasteiger partial charge in [0.15, 0.2) is 5.69 Å². The van der Waals surface area contributed by atoms with E-state index < -0.39 is 5.97 Å². The van der Waals surface area contributed by atoms with Gasteiger partial charge in [-0.3, -0.25) is 0 Å². The number of nitrogens with two attached hydrogens (primary N) is 1. The Labute approximate surface area is 118 Å². The Hall–Kier alpha value is -1.63. The van der Waals surface area contributed by atoms with Gasteiger partial charge >= 0.3 is 5.97 Å². The van der Waals surface area contributed by atoms with Gasteiger partial charge in [-0.2, -0.15) is 0 Å². The maximum atomic E-state index is 11.0. The predicted octanol–water partition coefficient (Wildman–Crippen LogP) is 1.79. The summed E-state index contributed by atoms with van der Waals surface area (Å²) in [4.78, 5) is 11.0. The third kappa shape index (κ3) is 2.70. The molecule has 1 aromatic carbocycles. The first-order valence-corrected chi connectivity index (χ1v) is 6.08. The van der Waals surface area contributed by atoms with Crippen molar-refractivity contribution in [1.82, 2.24) is 15.0 Å². The van der Waals surface area contributed by atoms with Crippen LogP contribution in [0.25, 0.3) is 0 Å². The Kier molecular flexibility index (Phi) is 4.04. The van der Waals surface area contributed by atoms with Gasteiger partial charge in [0.05, 0.1) is 12.2 Å². The Morgan fingerprint density at radius 1 is 1.37 bits per heavy atom. The van der Waals surface area contributed by atoms with Gasteiger partial charge in [0.2, 0.25) is 0 Å². The van der Waals surface area contributed by atoms with Gasteiger partial charge < -0.3 is 10.8 Å². The van der Waals surface area contributed by atoms with Crippen molar-refractivity contribution in [2.24, 2.45) is 5.73 Å². The van der Waals surface area contributed by atoms with E-state index in [4.69, 9.17) is 34.0 Å². The number of aromatic carboxylic acids is 1. The van der Waals surface area contributed by atoms with Crippen LogP contribution in [0.2, 0.25) is 10.0 Å². The average Bonchev–Trinajstić information content (AvgIpc) is 2.77. The van der Waals surface area contributed by atoms with Gasteiger partial charge in [-0.15, -0.1) is 5.10 Å². The SMILES string of the molecule is NCc1c(C(=O)O)nnn1Cc1c(Cl)cccc1Cl. The average molecular weight is 301 g/mol. The summed E-state index contributed by atoms with van der Waals surface area (Å²) in [6, 6.07) is 5.11. The van der Waals surface area contributed by atoms with Crippen molar-refractivity contribution in [3.05, 3.63) is 45.2 Å². The minimum Gasteiger partial charge on any atom is -0.476 e. The number of carboxylic acids is 1. The molecule has 8 heteroatoms. The molecule has 19 heavy (non-hydrogen) atoms. The molecule has 0 radical (unpaired) electrons. The van der Waals surface area contributed by atoms with Crippen molar-refractivity contribution in [3.8, 4) is 0 Å². The van der Waals surface area contributed by atoms with Gasteiger partial charge in [0, 0.05) is 22.2 Å². The minimum absolute atomic E-state index is 0.0106. The van der Waals surface area contributed by atoms with Gasteiger partial charge in [0.25, 0.3) is 0 Å². The van der Waals surface area contributed by atoms with Crippen molar-refractivity contribution < 1.29 is 9.90 Å². The second kappa shape index (κ2) is 5.56. The molecular weight excluding hydrogens is 291 g/mol. The molecule has 1 heterocycles. The van der Waals surface area contributed by atoms with Crippen molar-refractivity contribution in [2.75, 3.05) is 0 Å². The maximum Gasteiger partial charge on any atom is 0.358 e. The Morgan fingerprint density at radius 3 is 2.53 bits per heavy atom. The first kappa shape index (κ1) is 13.8. The lowest BCUT2D eigenvalue weighted by molar-refractivity contribution is 0.0689. The maximum absolute atomic E-state index is 11.0. The number of nitrogens with zero attached hydrogens (tertiary/aromatic N) is 3. The molecule has 0 aliphatic carbocycles. The molecular formula is C11H10Cl2N4O2. The molecule has 0 aliphatic heterocycles. The predicted molar refractivity (Wildman–Crippen MR) is 70.4 cm³/mol. The molecule has 2 rings (SSSR count). The molecule has 6 nitrogen and oxygen atoms in total. The Morgan fingerprint density at radius 2 is 2.00 bits per heavy atom. The molecule has 100 valence electrons. The number of carboxylic acid groups (broad SMARTS) is 1. The summed E-state index contributed by atoms with van der Waals surface area (Å²) in [6.07, 6.45) is 0. The van der Waals surface area contributed by atoms with Crippen molar-refractivity contribution >= 4 is 29.2 Å². The second-order valence-electron chi connectivity index (χ2n) is 3.75. The van der Waals surface area contributed by atoms with Gasteiger partial charge in [-0.05, 0) is 12.1 Å². The van der Waals surface area contributed by atoms with Crippen molar-refractivity contribution in [1.29, 1.82) is 0 Å². The first-order chi connectivity index (χ1) is 9.04. The fraction of sp³-hybridized carbons (Fsp3) is 0.182. The summed E-state index contributed by atoms with van der Waals surface area (Å²) >= 11 is 12.1. The smallest absolute Gasteiger partial charge is 0.358 e. The standard InChI is InChI=1S/C11H10Cl2N4O2/c12-7-2-1-3-8(13)6(7)5-17-9(4-14)10(11(18)19)15-16-17/h1-3H,4-5,14H2,(H,18,19).